The molecular formula is C17H22FN3O2. The Hall–Kier alpha value is -1.95. The minimum atomic E-state index is -0.792. The molecule has 2 fully saturated rings. The van der Waals surface area contributed by atoms with Gasteiger partial charge in [0.25, 0.3) is 0 Å². The fourth-order valence-corrected chi connectivity index (χ4v) is 2.92. The Morgan fingerprint density at radius 3 is 2.48 bits per heavy atom. The molecule has 0 radical (unpaired) electrons. The molecule has 6 heteroatoms. The molecule has 0 saturated heterocycles. The van der Waals surface area contributed by atoms with Crippen LogP contribution in [0.4, 0.5) is 15.8 Å². The van der Waals surface area contributed by atoms with E-state index in [0.717, 1.165) is 32.1 Å². The van der Waals surface area contributed by atoms with Crippen LogP contribution in [0.25, 0.3) is 0 Å². The highest BCUT2D eigenvalue weighted by molar-refractivity contribution is 6.01. The number of hydrogen-bond donors (Lipinski definition) is 3. The van der Waals surface area contributed by atoms with Crippen molar-refractivity contribution >= 4 is 23.2 Å². The summed E-state index contributed by atoms with van der Waals surface area (Å²) in [6.07, 6.45) is 6.24. The van der Waals surface area contributed by atoms with Gasteiger partial charge in [-0.15, -0.1) is 0 Å². The number of amides is 2. The van der Waals surface area contributed by atoms with Crippen LogP contribution in [0.5, 0.6) is 0 Å². The number of rotatable bonds is 4. The molecule has 0 aliphatic heterocycles. The monoisotopic (exact) mass is 319 g/mol. The van der Waals surface area contributed by atoms with Crippen molar-refractivity contribution in [1.29, 1.82) is 0 Å². The van der Waals surface area contributed by atoms with Gasteiger partial charge < -0.3 is 16.4 Å². The number of anilines is 2. The van der Waals surface area contributed by atoms with E-state index in [1.54, 1.807) is 0 Å². The average Bonchev–Trinajstić information content (AvgIpc) is 3.30. The summed E-state index contributed by atoms with van der Waals surface area (Å²) in [6.45, 7) is 0. The second kappa shape index (κ2) is 6.28. The molecule has 23 heavy (non-hydrogen) atoms. The largest absolute Gasteiger partial charge is 0.324 e. The Bertz CT molecular complexity index is 622. The highest BCUT2D eigenvalue weighted by atomic mass is 19.1. The van der Waals surface area contributed by atoms with Gasteiger partial charge in [0.2, 0.25) is 11.8 Å². The molecule has 5 nitrogen and oxygen atoms in total. The van der Waals surface area contributed by atoms with Gasteiger partial charge >= 0.3 is 0 Å². The number of nitrogens with two attached hydrogens (primary N) is 1. The molecule has 2 amide bonds. The Kier molecular flexibility index (Phi) is 4.35. The van der Waals surface area contributed by atoms with Crippen molar-refractivity contribution in [2.75, 3.05) is 10.6 Å². The van der Waals surface area contributed by atoms with Crippen molar-refractivity contribution in [3.05, 3.63) is 24.0 Å². The summed E-state index contributed by atoms with van der Waals surface area (Å²) in [6, 6.07) is 4.15. The van der Waals surface area contributed by atoms with Crippen molar-refractivity contribution in [3.8, 4) is 0 Å². The van der Waals surface area contributed by atoms with Crippen LogP contribution in [0.15, 0.2) is 18.2 Å². The first-order valence-electron chi connectivity index (χ1n) is 8.19. The molecule has 124 valence electrons. The molecule has 0 spiro atoms. The summed E-state index contributed by atoms with van der Waals surface area (Å²) in [5.41, 5.74) is 5.57. The van der Waals surface area contributed by atoms with E-state index in [1.165, 1.54) is 18.2 Å². The quantitative estimate of drug-likeness (QED) is 0.798. The number of hydrogen-bond acceptors (Lipinski definition) is 3. The summed E-state index contributed by atoms with van der Waals surface area (Å²) in [5, 5.41) is 5.33. The number of benzene rings is 1. The van der Waals surface area contributed by atoms with Crippen LogP contribution in [0.3, 0.4) is 0 Å². The summed E-state index contributed by atoms with van der Waals surface area (Å²) < 4.78 is 13.9. The van der Waals surface area contributed by atoms with E-state index < -0.39 is 11.4 Å². The lowest BCUT2D eigenvalue weighted by Gasteiger charge is -2.21. The maximum absolute atomic E-state index is 13.9. The maximum Gasteiger partial charge on any atom is 0.244 e. The van der Waals surface area contributed by atoms with Crippen LogP contribution in [-0.2, 0) is 9.59 Å². The lowest BCUT2D eigenvalue weighted by molar-refractivity contribution is -0.120. The average molecular weight is 319 g/mol. The summed E-state index contributed by atoms with van der Waals surface area (Å²) in [5.74, 6) is -0.987. The van der Waals surface area contributed by atoms with Gasteiger partial charge in [0, 0.05) is 11.6 Å². The highest BCUT2D eigenvalue weighted by Crippen LogP contribution is 2.33. The van der Waals surface area contributed by atoms with Gasteiger partial charge in [-0.25, -0.2) is 4.39 Å². The van der Waals surface area contributed by atoms with Crippen LogP contribution in [-0.4, -0.2) is 17.4 Å². The smallest absolute Gasteiger partial charge is 0.244 e. The molecule has 0 aromatic heterocycles. The highest BCUT2D eigenvalue weighted by Gasteiger charge is 2.45. The van der Waals surface area contributed by atoms with Gasteiger partial charge in [0.15, 0.2) is 0 Å². The van der Waals surface area contributed by atoms with E-state index in [0.29, 0.717) is 18.5 Å². The van der Waals surface area contributed by atoms with Crippen molar-refractivity contribution < 1.29 is 14.0 Å². The predicted octanol–water partition coefficient (Wildman–Crippen LogP) is 2.77. The third-order valence-corrected chi connectivity index (χ3v) is 4.70. The van der Waals surface area contributed by atoms with Crippen LogP contribution in [0.1, 0.15) is 44.9 Å². The minimum Gasteiger partial charge on any atom is -0.324 e. The second-order valence-corrected chi connectivity index (χ2v) is 6.63. The van der Waals surface area contributed by atoms with Crippen molar-refractivity contribution in [1.82, 2.24) is 0 Å². The Morgan fingerprint density at radius 1 is 1.13 bits per heavy atom. The summed E-state index contributed by atoms with van der Waals surface area (Å²) in [7, 11) is 0. The maximum atomic E-state index is 13.9. The molecule has 4 N–H and O–H groups in total. The zero-order valence-electron chi connectivity index (χ0n) is 13.0. The number of carbonyl (C=O) groups is 2. The Morgan fingerprint density at radius 2 is 1.83 bits per heavy atom. The standard InChI is InChI=1S/C17H22FN3O2/c18-13-7-6-12(20-16(23)17(19)8-9-17)10-14(13)21-15(22)11-4-2-1-3-5-11/h6-7,10-11H,1-5,8-9,19H2,(H,20,23)(H,21,22). The normalized spacial score (nSPS) is 19.9. The molecule has 1 aromatic carbocycles. The molecule has 0 bridgehead atoms. The van der Waals surface area contributed by atoms with Crippen molar-refractivity contribution in [2.45, 2.75) is 50.5 Å². The molecule has 0 atom stereocenters. The van der Waals surface area contributed by atoms with Crippen molar-refractivity contribution in [3.63, 3.8) is 0 Å². The van der Waals surface area contributed by atoms with E-state index >= 15 is 0 Å². The van der Waals surface area contributed by atoms with E-state index in [-0.39, 0.29) is 23.4 Å². The first-order valence-corrected chi connectivity index (χ1v) is 8.19. The molecule has 2 saturated carbocycles. The fourth-order valence-electron chi connectivity index (χ4n) is 2.92. The first kappa shape index (κ1) is 15.9. The van der Waals surface area contributed by atoms with Crippen molar-refractivity contribution in [2.24, 2.45) is 11.7 Å². The second-order valence-electron chi connectivity index (χ2n) is 6.63. The topological polar surface area (TPSA) is 84.2 Å². The molecule has 0 heterocycles. The lowest BCUT2D eigenvalue weighted by Crippen LogP contribution is -2.37. The van der Waals surface area contributed by atoms with Gasteiger partial charge in [0.1, 0.15) is 5.82 Å². The Labute approximate surface area is 134 Å². The lowest BCUT2D eigenvalue weighted by atomic mass is 9.88. The zero-order chi connectivity index (χ0) is 16.4. The molecule has 2 aliphatic rings. The van der Waals surface area contributed by atoms with Crippen LogP contribution in [0, 0.1) is 11.7 Å². The summed E-state index contributed by atoms with van der Waals surface area (Å²) in [4.78, 5) is 24.2. The van der Waals surface area contributed by atoms with Crippen LogP contribution < -0.4 is 16.4 Å². The summed E-state index contributed by atoms with van der Waals surface area (Å²) >= 11 is 0. The third-order valence-electron chi connectivity index (χ3n) is 4.70. The molecule has 2 aliphatic carbocycles. The number of halogens is 1. The molecular weight excluding hydrogens is 297 g/mol. The van der Waals surface area contributed by atoms with Gasteiger partial charge in [-0.05, 0) is 43.9 Å². The van der Waals surface area contributed by atoms with E-state index in [9.17, 15) is 14.0 Å². The third kappa shape index (κ3) is 3.69. The van der Waals surface area contributed by atoms with E-state index in [4.69, 9.17) is 5.73 Å². The number of carbonyl (C=O) groups excluding carboxylic acids is 2. The molecule has 1 aromatic rings. The minimum absolute atomic E-state index is 0.0554. The van der Waals surface area contributed by atoms with Gasteiger partial charge in [0.05, 0.1) is 11.2 Å². The van der Waals surface area contributed by atoms with Crippen LogP contribution in [0.2, 0.25) is 0 Å². The van der Waals surface area contributed by atoms with Crippen LogP contribution >= 0.6 is 0 Å². The number of nitrogens with one attached hydrogen (secondary N) is 2. The SMILES string of the molecule is NC1(C(=O)Nc2ccc(F)c(NC(=O)C3CCCCC3)c2)CC1. The van der Waals surface area contributed by atoms with Gasteiger partial charge in [-0.1, -0.05) is 19.3 Å². The molecule has 0 unspecified atom stereocenters. The predicted molar refractivity (Wildman–Crippen MR) is 86.4 cm³/mol. The first-order chi connectivity index (χ1) is 11.0. The van der Waals surface area contributed by atoms with E-state index in [2.05, 4.69) is 10.6 Å². The van der Waals surface area contributed by atoms with E-state index in [1.807, 2.05) is 0 Å². The van der Waals surface area contributed by atoms with Gasteiger partial charge in [-0.3, -0.25) is 9.59 Å². The fraction of sp³-hybridized carbons (Fsp3) is 0.529. The zero-order valence-corrected chi connectivity index (χ0v) is 13.0. The Balaban J connectivity index is 1.67. The molecule has 3 rings (SSSR count). The van der Waals surface area contributed by atoms with Gasteiger partial charge in [-0.2, -0.15) is 0 Å².